The molecule has 0 aliphatic carbocycles. The lowest BCUT2D eigenvalue weighted by Crippen LogP contribution is -2.19. The van der Waals surface area contributed by atoms with Gasteiger partial charge >= 0.3 is 5.69 Å². The average Bonchev–Trinajstić information content (AvgIpc) is 2.39. The number of rotatable bonds is 4. The van der Waals surface area contributed by atoms with E-state index >= 15 is 0 Å². The largest absolute Gasteiger partial charge is 0.340 e. The zero-order valence-corrected chi connectivity index (χ0v) is 10.8. The molecule has 2 rings (SSSR count). The van der Waals surface area contributed by atoms with Crippen LogP contribution in [-0.4, -0.2) is 21.9 Å². The third-order valence-corrected chi connectivity index (χ3v) is 2.74. The lowest BCUT2D eigenvalue weighted by atomic mass is 10.2. The number of anilines is 1. The average molecular weight is 258 g/mol. The second-order valence-corrected chi connectivity index (χ2v) is 4.24. The monoisotopic (exact) mass is 258 g/mol. The normalized spacial score (nSPS) is 10.2. The molecule has 19 heavy (non-hydrogen) atoms. The molecule has 1 aromatic heterocycles. The molecule has 0 unspecified atom stereocenters. The minimum atomic E-state index is -0.476. The molecule has 0 atom stereocenters. The topological polar surface area (TPSA) is 72.2 Å². The molecule has 0 amide bonds. The molecule has 0 radical (unpaired) electrons. The van der Waals surface area contributed by atoms with Crippen LogP contribution in [0.25, 0.3) is 0 Å². The van der Waals surface area contributed by atoms with Gasteiger partial charge in [-0.05, 0) is 12.5 Å². The van der Waals surface area contributed by atoms with Gasteiger partial charge in [0.1, 0.15) is 11.9 Å². The maximum atomic E-state index is 10.7. The first-order chi connectivity index (χ1) is 9.08. The SMILES string of the molecule is Cc1nc(N(C)Cc2ccccc2)ncc1[N+](=O)[O-]. The number of hydrogen-bond donors (Lipinski definition) is 0. The van der Waals surface area contributed by atoms with Crippen LogP contribution in [-0.2, 0) is 6.54 Å². The van der Waals surface area contributed by atoms with Gasteiger partial charge in [-0.1, -0.05) is 30.3 Å². The molecule has 6 heteroatoms. The minimum Gasteiger partial charge on any atom is -0.340 e. The number of benzene rings is 1. The van der Waals surface area contributed by atoms with Crippen molar-refractivity contribution in [2.45, 2.75) is 13.5 Å². The number of nitrogens with zero attached hydrogens (tertiary/aromatic N) is 4. The van der Waals surface area contributed by atoms with Crippen molar-refractivity contribution < 1.29 is 4.92 Å². The first-order valence-electron chi connectivity index (χ1n) is 5.81. The Morgan fingerprint density at radius 3 is 2.58 bits per heavy atom. The fraction of sp³-hybridized carbons (Fsp3) is 0.231. The third-order valence-electron chi connectivity index (χ3n) is 2.74. The second kappa shape index (κ2) is 5.43. The summed E-state index contributed by atoms with van der Waals surface area (Å²) in [5.74, 6) is 0.479. The molecule has 0 N–H and O–H groups in total. The van der Waals surface area contributed by atoms with E-state index in [1.54, 1.807) is 6.92 Å². The van der Waals surface area contributed by atoms with Crippen LogP contribution in [0.15, 0.2) is 36.5 Å². The van der Waals surface area contributed by atoms with E-state index in [-0.39, 0.29) is 5.69 Å². The molecular formula is C13H14N4O2. The highest BCUT2D eigenvalue weighted by molar-refractivity contribution is 5.39. The molecule has 0 saturated carbocycles. The van der Waals surface area contributed by atoms with E-state index in [9.17, 15) is 10.1 Å². The van der Waals surface area contributed by atoms with E-state index < -0.39 is 4.92 Å². The van der Waals surface area contributed by atoms with Gasteiger partial charge in [-0.3, -0.25) is 10.1 Å². The maximum absolute atomic E-state index is 10.7. The van der Waals surface area contributed by atoms with Crippen LogP contribution in [0.3, 0.4) is 0 Å². The molecule has 0 aliphatic rings. The minimum absolute atomic E-state index is 0.0585. The summed E-state index contributed by atoms with van der Waals surface area (Å²) < 4.78 is 0. The molecule has 0 saturated heterocycles. The zero-order chi connectivity index (χ0) is 13.8. The summed E-state index contributed by atoms with van der Waals surface area (Å²) >= 11 is 0. The summed E-state index contributed by atoms with van der Waals surface area (Å²) in [6.45, 7) is 2.26. The Kier molecular flexibility index (Phi) is 3.70. The van der Waals surface area contributed by atoms with Gasteiger partial charge in [-0.15, -0.1) is 0 Å². The zero-order valence-electron chi connectivity index (χ0n) is 10.8. The van der Waals surface area contributed by atoms with Crippen LogP contribution in [0.4, 0.5) is 11.6 Å². The van der Waals surface area contributed by atoms with Gasteiger partial charge in [-0.2, -0.15) is 0 Å². The van der Waals surface area contributed by atoms with Crippen LogP contribution in [0.5, 0.6) is 0 Å². The number of aryl methyl sites for hydroxylation is 1. The van der Waals surface area contributed by atoms with E-state index in [0.717, 1.165) is 5.56 Å². The summed E-state index contributed by atoms with van der Waals surface area (Å²) in [6.07, 6.45) is 1.25. The lowest BCUT2D eigenvalue weighted by molar-refractivity contribution is -0.386. The molecule has 1 aromatic carbocycles. The third kappa shape index (κ3) is 3.04. The fourth-order valence-corrected chi connectivity index (χ4v) is 1.74. The van der Waals surface area contributed by atoms with Crippen molar-refractivity contribution in [3.8, 4) is 0 Å². The van der Waals surface area contributed by atoms with Crippen molar-refractivity contribution in [2.75, 3.05) is 11.9 Å². The highest BCUT2D eigenvalue weighted by atomic mass is 16.6. The van der Waals surface area contributed by atoms with Crippen molar-refractivity contribution in [3.05, 3.63) is 57.9 Å². The molecule has 0 spiro atoms. The Morgan fingerprint density at radius 1 is 1.32 bits per heavy atom. The molecule has 0 fully saturated rings. The summed E-state index contributed by atoms with van der Waals surface area (Å²) in [7, 11) is 1.85. The van der Waals surface area contributed by atoms with Gasteiger partial charge in [0.25, 0.3) is 0 Å². The Balaban J connectivity index is 2.18. The van der Waals surface area contributed by atoms with E-state index in [1.807, 2.05) is 42.3 Å². The van der Waals surface area contributed by atoms with Gasteiger partial charge in [0.2, 0.25) is 5.95 Å². The fourth-order valence-electron chi connectivity index (χ4n) is 1.74. The van der Waals surface area contributed by atoms with Gasteiger partial charge in [0.05, 0.1) is 4.92 Å². The first-order valence-corrected chi connectivity index (χ1v) is 5.81. The quantitative estimate of drug-likeness (QED) is 0.621. The van der Waals surface area contributed by atoms with E-state index in [4.69, 9.17) is 0 Å². The number of aromatic nitrogens is 2. The molecule has 2 aromatic rings. The van der Waals surface area contributed by atoms with Crippen molar-refractivity contribution in [3.63, 3.8) is 0 Å². The van der Waals surface area contributed by atoms with E-state index in [2.05, 4.69) is 9.97 Å². The van der Waals surface area contributed by atoms with Crippen molar-refractivity contribution >= 4 is 11.6 Å². The molecule has 6 nitrogen and oxygen atoms in total. The second-order valence-electron chi connectivity index (χ2n) is 4.24. The maximum Gasteiger partial charge on any atom is 0.308 e. The van der Waals surface area contributed by atoms with Crippen molar-refractivity contribution in [1.29, 1.82) is 0 Å². The summed E-state index contributed by atoms with van der Waals surface area (Å²) in [5, 5.41) is 10.7. The summed E-state index contributed by atoms with van der Waals surface area (Å²) in [5.41, 5.74) is 1.44. The molecule has 0 bridgehead atoms. The number of nitro groups is 1. The van der Waals surface area contributed by atoms with Crippen LogP contribution in [0, 0.1) is 17.0 Å². The Morgan fingerprint density at radius 2 is 2.00 bits per heavy atom. The van der Waals surface area contributed by atoms with Crippen LogP contribution < -0.4 is 4.90 Å². The Hall–Kier alpha value is -2.50. The predicted molar refractivity (Wildman–Crippen MR) is 72.0 cm³/mol. The Bertz CT molecular complexity index is 586. The molecule has 98 valence electrons. The number of hydrogen-bond acceptors (Lipinski definition) is 5. The van der Waals surface area contributed by atoms with Crippen LogP contribution in [0.1, 0.15) is 11.3 Å². The smallest absolute Gasteiger partial charge is 0.308 e. The standard InChI is InChI=1S/C13H14N4O2/c1-10-12(17(18)19)8-14-13(15-10)16(2)9-11-6-4-3-5-7-11/h3-8H,9H2,1-2H3. The summed E-state index contributed by atoms with van der Waals surface area (Å²) in [6, 6.07) is 9.90. The Labute approximate surface area is 110 Å². The van der Waals surface area contributed by atoms with Gasteiger partial charge in [-0.25, -0.2) is 9.97 Å². The van der Waals surface area contributed by atoms with Gasteiger partial charge in [0, 0.05) is 13.6 Å². The van der Waals surface area contributed by atoms with Crippen molar-refractivity contribution in [1.82, 2.24) is 9.97 Å². The lowest BCUT2D eigenvalue weighted by Gasteiger charge is -2.17. The highest BCUT2D eigenvalue weighted by Gasteiger charge is 2.14. The first kappa shape index (κ1) is 12.9. The predicted octanol–water partition coefficient (Wildman–Crippen LogP) is 2.33. The van der Waals surface area contributed by atoms with Gasteiger partial charge in [0.15, 0.2) is 0 Å². The van der Waals surface area contributed by atoms with Gasteiger partial charge < -0.3 is 4.90 Å². The highest BCUT2D eigenvalue weighted by Crippen LogP contribution is 2.17. The van der Waals surface area contributed by atoms with E-state index in [0.29, 0.717) is 18.2 Å². The molecule has 1 heterocycles. The molecule has 0 aliphatic heterocycles. The van der Waals surface area contributed by atoms with Crippen LogP contribution >= 0.6 is 0 Å². The van der Waals surface area contributed by atoms with E-state index in [1.165, 1.54) is 6.20 Å². The van der Waals surface area contributed by atoms with Crippen LogP contribution in [0.2, 0.25) is 0 Å². The molecular weight excluding hydrogens is 244 g/mol. The summed E-state index contributed by atoms with van der Waals surface area (Å²) in [4.78, 5) is 20.3. The van der Waals surface area contributed by atoms with Crippen molar-refractivity contribution in [2.24, 2.45) is 0 Å².